The Labute approximate surface area is 176 Å². The van der Waals surface area contributed by atoms with Crippen molar-refractivity contribution in [3.8, 4) is 0 Å². The molecule has 3 amide bonds. The molecule has 31 heavy (non-hydrogen) atoms. The number of hydrogen-bond donors (Lipinski definition) is 3. The van der Waals surface area contributed by atoms with Crippen molar-refractivity contribution >= 4 is 23.5 Å². The fraction of sp³-hybridized carbons (Fsp3) is 0.789. The maximum Gasteiger partial charge on any atom is 0.522 e. The third kappa shape index (κ3) is 5.73. The fourth-order valence-electron chi connectivity index (χ4n) is 4.25. The molecular formula is C19H26F3N3O6. The zero-order chi connectivity index (χ0) is 23.0. The summed E-state index contributed by atoms with van der Waals surface area (Å²) in [5, 5.41) is 14.7. The molecule has 0 radical (unpaired) electrons. The molecule has 1 saturated carbocycles. The Morgan fingerprint density at radius 3 is 2.55 bits per heavy atom. The second-order valence-corrected chi connectivity index (χ2v) is 8.64. The molecule has 0 aromatic heterocycles. The first kappa shape index (κ1) is 23.5. The highest BCUT2D eigenvalue weighted by Crippen LogP contribution is 2.54. The van der Waals surface area contributed by atoms with E-state index >= 15 is 0 Å². The first-order valence-corrected chi connectivity index (χ1v) is 10.2. The molecule has 0 unspecified atom stereocenters. The molecule has 4 atom stereocenters. The number of ether oxygens (including phenoxy) is 1. The molecule has 1 spiro atoms. The van der Waals surface area contributed by atoms with Crippen molar-refractivity contribution in [2.75, 3.05) is 19.7 Å². The smallest absolute Gasteiger partial charge is 0.384 e. The normalized spacial score (nSPS) is 26.5. The number of hydrogen-bond acceptors (Lipinski definition) is 6. The average Bonchev–Trinajstić information content (AvgIpc) is 3.14. The predicted molar refractivity (Wildman–Crippen MR) is 98.1 cm³/mol. The van der Waals surface area contributed by atoms with Crippen molar-refractivity contribution in [3.63, 3.8) is 0 Å². The van der Waals surface area contributed by atoms with E-state index in [0.29, 0.717) is 25.9 Å². The summed E-state index contributed by atoms with van der Waals surface area (Å²) in [6.45, 7) is 0.664. The third-order valence-corrected chi connectivity index (χ3v) is 6.17. The highest BCUT2D eigenvalue weighted by molar-refractivity contribution is 5.94. The van der Waals surface area contributed by atoms with E-state index in [2.05, 4.69) is 15.4 Å². The maximum atomic E-state index is 13.0. The predicted octanol–water partition coefficient (Wildman–Crippen LogP) is -0.135. The Bertz CT molecular complexity index is 753. The largest absolute Gasteiger partial charge is 0.522 e. The summed E-state index contributed by atoms with van der Waals surface area (Å²) in [4.78, 5) is 50.9. The molecule has 174 valence electrons. The molecule has 3 fully saturated rings. The number of nitrogens with one attached hydrogen (secondary N) is 2. The van der Waals surface area contributed by atoms with E-state index in [-0.39, 0.29) is 17.7 Å². The van der Waals surface area contributed by atoms with Gasteiger partial charge in [0.1, 0.15) is 18.8 Å². The Balaban J connectivity index is 1.72. The standard InChI is InChI=1S/C19H26F3N3O6/c1-10(26)17(30)25-9-18(3-4-18)7-13(25)16(29)24-12(6-11-2-5-23-15(11)28)14(27)8-31-19(20,21)22/h10-13,26H,2-9H2,1H3,(H,23,28)(H,24,29)/t10-,11+,12+,13+/m1/s1. The first-order chi connectivity index (χ1) is 14.4. The van der Waals surface area contributed by atoms with Crippen LogP contribution in [0.3, 0.4) is 0 Å². The number of carbonyl (C=O) groups is 4. The van der Waals surface area contributed by atoms with Crippen LogP contribution in [0.5, 0.6) is 0 Å². The molecule has 3 rings (SSSR count). The lowest BCUT2D eigenvalue weighted by molar-refractivity contribution is -0.321. The monoisotopic (exact) mass is 449 g/mol. The van der Waals surface area contributed by atoms with Gasteiger partial charge in [-0.3, -0.25) is 23.9 Å². The second kappa shape index (κ2) is 8.73. The summed E-state index contributed by atoms with van der Waals surface area (Å²) < 4.78 is 40.7. The van der Waals surface area contributed by atoms with Crippen LogP contribution in [0.15, 0.2) is 0 Å². The molecule has 9 nitrogen and oxygen atoms in total. The molecule has 1 aliphatic carbocycles. The van der Waals surface area contributed by atoms with E-state index in [9.17, 15) is 37.5 Å². The van der Waals surface area contributed by atoms with Crippen LogP contribution in [0.4, 0.5) is 13.2 Å². The minimum Gasteiger partial charge on any atom is -0.384 e. The van der Waals surface area contributed by atoms with E-state index in [0.717, 1.165) is 12.8 Å². The molecule has 3 aliphatic rings. The molecule has 2 saturated heterocycles. The summed E-state index contributed by atoms with van der Waals surface area (Å²) in [5.41, 5.74) is -0.198. The number of alkyl halides is 3. The minimum atomic E-state index is -5.01. The van der Waals surface area contributed by atoms with Gasteiger partial charge in [-0.1, -0.05) is 0 Å². The van der Waals surface area contributed by atoms with E-state index in [1.165, 1.54) is 11.8 Å². The zero-order valence-corrected chi connectivity index (χ0v) is 17.0. The number of likely N-dealkylation sites (tertiary alicyclic amines) is 1. The Hall–Kier alpha value is -2.21. The number of aliphatic hydroxyl groups is 1. The Morgan fingerprint density at radius 1 is 1.35 bits per heavy atom. The van der Waals surface area contributed by atoms with Crippen LogP contribution in [0.25, 0.3) is 0 Å². The highest BCUT2D eigenvalue weighted by atomic mass is 19.4. The van der Waals surface area contributed by atoms with Crippen molar-refractivity contribution < 1.29 is 42.2 Å². The molecule has 2 aliphatic heterocycles. The van der Waals surface area contributed by atoms with Gasteiger partial charge in [-0.05, 0) is 44.4 Å². The van der Waals surface area contributed by atoms with Gasteiger partial charge in [0.2, 0.25) is 11.8 Å². The number of rotatable bonds is 8. The van der Waals surface area contributed by atoms with E-state index in [4.69, 9.17) is 0 Å². The van der Waals surface area contributed by atoms with Gasteiger partial charge in [0.25, 0.3) is 5.91 Å². The molecule has 2 heterocycles. The van der Waals surface area contributed by atoms with Crippen LogP contribution in [0, 0.1) is 11.3 Å². The lowest BCUT2D eigenvalue weighted by Gasteiger charge is -2.27. The van der Waals surface area contributed by atoms with Gasteiger partial charge in [0.05, 0.1) is 6.04 Å². The van der Waals surface area contributed by atoms with Crippen molar-refractivity contribution in [3.05, 3.63) is 0 Å². The van der Waals surface area contributed by atoms with Gasteiger partial charge >= 0.3 is 6.36 Å². The molecule has 0 bridgehead atoms. The molecule has 0 aromatic rings. The minimum absolute atomic E-state index is 0.167. The quantitative estimate of drug-likeness (QED) is 0.474. The average molecular weight is 449 g/mol. The van der Waals surface area contributed by atoms with E-state index in [1.807, 2.05) is 0 Å². The van der Waals surface area contributed by atoms with Crippen molar-refractivity contribution in [1.82, 2.24) is 15.5 Å². The summed E-state index contributed by atoms with van der Waals surface area (Å²) in [7, 11) is 0. The zero-order valence-electron chi connectivity index (χ0n) is 17.0. The molecule has 12 heteroatoms. The van der Waals surface area contributed by atoms with Gasteiger partial charge in [-0.2, -0.15) is 0 Å². The van der Waals surface area contributed by atoms with Gasteiger partial charge < -0.3 is 20.6 Å². The second-order valence-electron chi connectivity index (χ2n) is 8.64. The lowest BCUT2D eigenvalue weighted by Crippen LogP contribution is -2.53. The van der Waals surface area contributed by atoms with Crippen LogP contribution in [0.1, 0.15) is 39.0 Å². The van der Waals surface area contributed by atoms with Crippen molar-refractivity contribution in [1.29, 1.82) is 0 Å². The van der Waals surface area contributed by atoms with E-state index < -0.39 is 54.7 Å². The number of aliphatic hydroxyl groups excluding tert-OH is 1. The first-order valence-electron chi connectivity index (χ1n) is 10.2. The summed E-state index contributed by atoms with van der Waals surface area (Å²) in [6, 6.07) is -2.32. The van der Waals surface area contributed by atoms with Gasteiger partial charge in [-0.25, -0.2) is 0 Å². The summed E-state index contributed by atoms with van der Waals surface area (Å²) >= 11 is 0. The number of ketones is 1. The van der Waals surface area contributed by atoms with Crippen LogP contribution in [-0.4, -0.2) is 77.8 Å². The number of Topliss-reactive ketones (excluding diaryl/α,β-unsaturated/α-hetero) is 1. The van der Waals surface area contributed by atoms with E-state index in [1.54, 1.807) is 0 Å². The van der Waals surface area contributed by atoms with Gasteiger partial charge in [0.15, 0.2) is 5.78 Å². The molecule has 3 N–H and O–H groups in total. The number of carbonyl (C=O) groups excluding carboxylic acids is 4. The third-order valence-electron chi connectivity index (χ3n) is 6.17. The number of nitrogens with zero attached hydrogens (tertiary/aromatic N) is 1. The SMILES string of the molecule is C[C@@H](O)C(=O)N1CC2(CC2)C[C@H]1C(=O)N[C@@H](C[C@@H]1CCNC1=O)C(=O)COC(F)(F)F. The maximum absolute atomic E-state index is 13.0. The summed E-state index contributed by atoms with van der Waals surface area (Å²) in [6.07, 6.45) is -4.11. The van der Waals surface area contributed by atoms with Crippen LogP contribution < -0.4 is 10.6 Å². The van der Waals surface area contributed by atoms with Crippen molar-refractivity contribution in [2.45, 2.75) is 63.6 Å². The molecule has 0 aromatic carbocycles. The fourth-order valence-corrected chi connectivity index (χ4v) is 4.25. The van der Waals surface area contributed by atoms with Crippen molar-refractivity contribution in [2.24, 2.45) is 11.3 Å². The molecular weight excluding hydrogens is 423 g/mol. The van der Waals surface area contributed by atoms with Crippen LogP contribution in [-0.2, 0) is 23.9 Å². The van der Waals surface area contributed by atoms with Crippen LogP contribution in [0.2, 0.25) is 0 Å². The van der Waals surface area contributed by atoms with Gasteiger partial charge in [0, 0.05) is 19.0 Å². The highest BCUT2D eigenvalue weighted by Gasteiger charge is 2.55. The number of halogens is 3. The summed E-state index contributed by atoms with van der Waals surface area (Å²) in [5.74, 6) is -3.30. The Morgan fingerprint density at radius 2 is 2.03 bits per heavy atom. The number of amides is 3. The van der Waals surface area contributed by atoms with Gasteiger partial charge in [-0.15, -0.1) is 13.2 Å². The lowest BCUT2D eigenvalue weighted by atomic mass is 9.95. The topological polar surface area (TPSA) is 125 Å². The Kier molecular flexibility index (Phi) is 6.61. The van der Waals surface area contributed by atoms with Crippen LogP contribution >= 0.6 is 0 Å².